The van der Waals surface area contributed by atoms with Crippen LogP contribution in [0.25, 0.3) is 16.7 Å². The van der Waals surface area contributed by atoms with Crippen molar-refractivity contribution in [3.8, 4) is 11.4 Å². The van der Waals surface area contributed by atoms with Gasteiger partial charge in [-0.25, -0.2) is 4.68 Å². The van der Waals surface area contributed by atoms with Crippen LogP contribution in [0.3, 0.4) is 0 Å². The van der Waals surface area contributed by atoms with Gasteiger partial charge in [0.15, 0.2) is 17.1 Å². The second kappa shape index (κ2) is 7.09. The van der Waals surface area contributed by atoms with Gasteiger partial charge >= 0.3 is 0 Å². The van der Waals surface area contributed by atoms with Crippen molar-refractivity contribution in [3.05, 3.63) is 71.7 Å². The summed E-state index contributed by atoms with van der Waals surface area (Å²) in [5.41, 5.74) is 2.11. The molecule has 7 heteroatoms. The first kappa shape index (κ1) is 18.7. The Morgan fingerprint density at radius 2 is 1.90 bits per heavy atom. The van der Waals surface area contributed by atoms with E-state index in [0.29, 0.717) is 17.0 Å². The van der Waals surface area contributed by atoms with Crippen molar-refractivity contribution in [2.75, 3.05) is 7.11 Å². The van der Waals surface area contributed by atoms with Gasteiger partial charge in [0.2, 0.25) is 0 Å². The second-order valence-electron chi connectivity index (χ2n) is 7.36. The molecule has 0 saturated heterocycles. The average molecular weight is 390 g/mol. The summed E-state index contributed by atoms with van der Waals surface area (Å²) >= 11 is 0. The van der Waals surface area contributed by atoms with Crippen molar-refractivity contribution in [1.29, 1.82) is 0 Å². The van der Waals surface area contributed by atoms with Gasteiger partial charge in [0.1, 0.15) is 5.69 Å². The maximum atomic E-state index is 13.0. The van der Waals surface area contributed by atoms with Crippen LogP contribution in [-0.2, 0) is 5.54 Å². The Labute approximate surface area is 168 Å². The molecule has 0 aliphatic heterocycles. The van der Waals surface area contributed by atoms with Gasteiger partial charge in [-0.2, -0.15) is 0 Å². The quantitative estimate of drug-likeness (QED) is 0.557. The molecule has 0 radical (unpaired) electrons. The number of carbonyl (C=O) groups excluding carboxylic acids is 1. The molecule has 29 heavy (non-hydrogen) atoms. The van der Waals surface area contributed by atoms with Gasteiger partial charge in [-0.05, 0) is 39.0 Å². The van der Waals surface area contributed by atoms with Crippen molar-refractivity contribution >= 4 is 16.9 Å². The Morgan fingerprint density at radius 3 is 2.62 bits per heavy atom. The molecule has 4 rings (SSSR count). The number of nitrogens with one attached hydrogen (secondary N) is 1. The summed E-state index contributed by atoms with van der Waals surface area (Å²) in [4.78, 5) is 13.0. The molecule has 1 N–H and O–H groups in total. The Morgan fingerprint density at radius 1 is 1.14 bits per heavy atom. The van der Waals surface area contributed by atoms with E-state index < -0.39 is 5.54 Å². The maximum Gasteiger partial charge on any atom is 0.288 e. The Balaban J connectivity index is 1.62. The lowest BCUT2D eigenvalue weighted by Crippen LogP contribution is -2.41. The molecule has 0 spiro atoms. The zero-order chi connectivity index (χ0) is 20.6. The molecule has 0 bridgehead atoms. The minimum absolute atomic E-state index is 0.257. The number of carbonyl (C=O) groups is 1. The number of aromatic nitrogens is 3. The molecular formula is C22H22N4O3. The standard InChI is InChI=1S/C22H22N4O3/c1-14-16-11-8-12-17(28-4)20(16)29-19(14)21(27)23-22(2,3)18-13-26(25-24-18)15-9-6-5-7-10-15/h5-13H,1-4H3,(H,23,27). The van der Waals surface area contributed by atoms with Crippen LogP contribution in [-0.4, -0.2) is 28.0 Å². The van der Waals surface area contributed by atoms with Crippen molar-refractivity contribution in [2.24, 2.45) is 0 Å². The SMILES string of the molecule is COc1cccc2c(C)c(C(=O)NC(C)(C)c3cn(-c4ccccc4)nn3)oc12. The van der Waals surface area contributed by atoms with E-state index in [1.54, 1.807) is 17.9 Å². The topological polar surface area (TPSA) is 82.2 Å². The number of hydrogen-bond acceptors (Lipinski definition) is 5. The summed E-state index contributed by atoms with van der Waals surface area (Å²) in [6.45, 7) is 5.62. The Hall–Kier alpha value is -3.61. The normalized spacial score (nSPS) is 11.6. The number of ether oxygens (including phenoxy) is 1. The zero-order valence-corrected chi connectivity index (χ0v) is 16.8. The molecule has 0 fully saturated rings. The lowest BCUT2D eigenvalue weighted by molar-refractivity contribution is 0.0883. The molecule has 7 nitrogen and oxygen atoms in total. The Kier molecular flexibility index (Phi) is 4.58. The van der Waals surface area contributed by atoms with E-state index >= 15 is 0 Å². The van der Waals surface area contributed by atoms with E-state index in [-0.39, 0.29) is 11.7 Å². The lowest BCUT2D eigenvalue weighted by atomic mass is 10.0. The van der Waals surface area contributed by atoms with Crippen molar-refractivity contribution < 1.29 is 13.9 Å². The first-order valence-corrected chi connectivity index (χ1v) is 9.27. The summed E-state index contributed by atoms with van der Waals surface area (Å²) < 4.78 is 12.9. The van der Waals surface area contributed by atoms with Gasteiger partial charge in [0.05, 0.1) is 24.5 Å². The fraction of sp³-hybridized carbons (Fsp3) is 0.227. The minimum atomic E-state index is -0.750. The first-order chi connectivity index (χ1) is 13.9. The monoisotopic (exact) mass is 390 g/mol. The Bertz CT molecular complexity index is 1180. The molecule has 0 atom stereocenters. The van der Waals surface area contributed by atoms with E-state index in [9.17, 15) is 4.79 Å². The molecule has 0 saturated carbocycles. The summed E-state index contributed by atoms with van der Waals surface area (Å²) in [5.74, 6) is 0.530. The highest BCUT2D eigenvalue weighted by atomic mass is 16.5. The summed E-state index contributed by atoms with van der Waals surface area (Å²) in [6, 6.07) is 15.3. The molecule has 2 aromatic heterocycles. The fourth-order valence-corrected chi connectivity index (χ4v) is 3.26. The van der Waals surface area contributed by atoms with Gasteiger partial charge in [0.25, 0.3) is 5.91 Å². The number of methoxy groups -OCH3 is 1. The van der Waals surface area contributed by atoms with Crippen molar-refractivity contribution in [3.63, 3.8) is 0 Å². The number of para-hydroxylation sites is 2. The third kappa shape index (κ3) is 3.35. The molecule has 2 aromatic carbocycles. The first-order valence-electron chi connectivity index (χ1n) is 9.27. The predicted octanol–water partition coefficient (Wildman–Crippen LogP) is 4.00. The van der Waals surface area contributed by atoms with Crippen LogP contribution in [0.15, 0.2) is 59.1 Å². The second-order valence-corrected chi connectivity index (χ2v) is 7.36. The summed E-state index contributed by atoms with van der Waals surface area (Å²) in [6.07, 6.45) is 1.81. The van der Waals surface area contributed by atoms with E-state index in [2.05, 4.69) is 15.6 Å². The number of fused-ring (bicyclic) bond motifs is 1. The average Bonchev–Trinajstić information content (AvgIpc) is 3.34. The minimum Gasteiger partial charge on any atom is -0.493 e. The largest absolute Gasteiger partial charge is 0.493 e. The van der Waals surface area contributed by atoms with Gasteiger partial charge < -0.3 is 14.5 Å². The van der Waals surface area contributed by atoms with Crippen LogP contribution in [0.5, 0.6) is 5.75 Å². The molecule has 0 unspecified atom stereocenters. The van der Waals surface area contributed by atoms with E-state index in [1.807, 2.05) is 69.4 Å². The molecule has 0 aliphatic rings. The van der Waals surface area contributed by atoms with Crippen molar-refractivity contribution in [2.45, 2.75) is 26.3 Å². The lowest BCUT2D eigenvalue weighted by Gasteiger charge is -2.23. The van der Waals surface area contributed by atoms with Crippen LogP contribution in [0.2, 0.25) is 0 Å². The highest BCUT2D eigenvalue weighted by Gasteiger charge is 2.30. The summed E-state index contributed by atoms with van der Waals surface area (Å²) in [5, 5.41) is 12.3. The molecule has 0 aliphatic carbocycles. The van der Waals surface area contributed by atoms with Gasteiger partial charge in [-0.15, -0.1) is 5.10 Å². The molecular weight excluding hydrogens is 368 g/mol. The number of hydrogen-bond donors (Lipinski definition) is 1. The molecule has 148 valence electrons. The highest BCUT2D eigenvalue weighted by Crippen LogP contribution is 2.32. The fourth-order valence-electron chi connectivity index (χ4n) is 3.26. The van der Waals surface area contributed by atoms with Crippen LogP contribution in [0, 0.1) is 6.92 Å². The van der Waals surface area contributed by atoms with Crippen LogP contribution in [0.4, 0.5) is 0 Å². The molecule has 2 heterocycles. The van der Waals surface area contributed by atoms with Gasteiger partial charge in [-0.3, -0.25) is 4.79 Å². The number of nitrogens with zero attached hydrogens (tertiary/aromatic N) is 3. The van der Waals surface area contributed by atoms with E-state index in [1.165, 1.54) is 0 Å². The van der Waals surface area contributed by atoms with Gasteiger partial charge in [-0.1, -0.05) is 35.5 Å². The number of amides is 1. The van der Waals surface area contributed by atoms with Crippen LogP contribution in [0.1, 0.15) is 35.7 Å². The third-order valence-corrected chi connectivity index (χ3v) is 4.93. The smallest absolute Gasteiger partial charge is 0.288 e. The molecule has 1 amide bonds. The number of rotatable bonds is 5. The highest BCUT2D eigenvalue weighted by molar-refractivity contribution is 6.00. The predicted molar refractivity (Wildman–Crippen MR) is 109 cm³/mol. The van der Waals surface area contributed by atoms with E-state index in [0.717, 1.165) is 16.6 Å². The van der Waals surface area contributed by atoms with E-state index in [4.69, 9.17) is 9.15 Å². The maximum absolute atomic E-state index is 13.0. The number of aryl methyl sites for hydroxylation is 1. The summed E-state index contributed by atoms with van der Waals surface area (Å²) in [7, 11) is 1.57. The van der Waals surface area contributed by atoms with Crippen molar-refractivity contribution in [1.82, 2.24) is 20.3 Å². The number of benzene rings is 2. The third-order valence-electron chi connectivity index (χ3n) is 4.93. The zero-order valence-electron chi connectivity index (χ0n) is 16.8. The van der Waals surface area contributed by atoms with Crippen LogP contribution >= 0.6 is 0 Å². The van der Waals surface area contributed by atoms with Gasteiger partial charge in [0, 0.05) is 10.9 Å². The van der Waals surface area contributed by atoms with Crippen LogP contribution < -0.4 is 10.1 Å². The molecule has 4 aromatic rings. The number of furan rings is 1.